The van der Waals surface area contributed by atoms with Gasteiger partial charge in [0.05, 0.1) is 6.04 Å². The maximum Gasteiger partial charge on any atom is 0.247 e. The van der Waals surface area contributed by atoms with E-state index in [2.05, 4.69) is 55.9 Å². The molecule has 134 valence electrons. The Labute approximate surface area is 152 Å². The van der Waals surface area contributed by atoms with Crippen molar-refractivity contribution in [1.29, 1.82) is 0 Å². The Balaban J connectivity index is 1.42. The van der Waals surface area contributed by atoms with E-state index in [1.54, 1.807) is 12.4 Å². The molecule has 26 heavy (non-hydrogen) atoms. The molecule has 0 aliphatic carbocycles. The van der Waals surface area contributed by atoms with E-state index in [1.807, 2.05) is 18.2 Å². The molecule has 0 N–H and O–H groups in total. The topological polar surface area (TPSA) is 71.2 Å². The number of aryl methyl sites for hydroxylation is 1. The fourth-order valence-electron chi connectivity index (χ4n) is 3.22. The zero-order valence-electron chi connectivity index (χ0n) is 15.0. The molecule has 1 atom stereocenters. The Morgan fingerprint density at radius 1 is 1.00 bits per heavy atom. The van der Waals surface area contributed by atoms with Crippen LogP contribution in [0.4, 0.5) is 5.95 Å². The van der Waals surface area contributed by atoms with Crippen molar-refractivity contribution in [2.24, 2.45) is 0 Å². The van der Waals surface area contributed by atoms with Gasteiger partial charge < -0.3 is 9.32 Å². The number of aromatic nitrogens is 4. The van der Waals surface area contributed by atoms with E-state index in [0.29, 0.717) is 11.8 Å². The SMILES string of the molecule is Cc1cccc(-c2nnc([C@@H](C)N3CCN(c4ncccn4)CC3)o2)c1. The molecule has 0 amide bonds. The molecule has 0 radical (unpaired) electrons. The zero-order valence-corrected chi connectivity index (χ0v) is 15.0. The second-order valence-electron chi connectivity index (χ2n) is 6.56. The van der Waals surface area contributed by atoms with Gasteiger partial charge in [0, 0.05) is 44.1 Å². The number of rotatable bonds is 4. The molecule has 1 aromatic carbocycles. The summed E-state index contributed by atoms with van der Waals surface area (Å²) in [5, 5.41) is 8.51. The first-order valence-corrected chi connectivity index (χ1v) is 8.87. The minimum absolute atomic E-state index is 0.0832. The molecular formula is C19H22N6O. The third kappa shape index (κ3) is 3.43. The second kappa shape index (κ2) is 7.21. The molecule has 0 unspecified atom stereocenters. The van der Waals surface area contributed by atoms with Gasteiger partial charge in [-0.05, 0) is 32.0 Å². The van der Waals surface area contributed by atoms with Crippen LogP contribution in [0.25, 0.3) is 11.5 Å². The molecule has 0 bridgehead atoms. The van der Waals surface area contributed by atoms with Gasteiger partial charge in [0.25, 0.3) is 0 Å². The van der Waals surface area contributed by atoms with Gasteiger partial charge in [0.1, 0.15) is 0 Å². The minimum Gasteiger partial charge on any atom is -0.419 e. The van der Waals surface area contributed by atoms with Gasteiger partial charge in [-0.3, -0.25) is 4.90 Å². The molecule has 1 saturated heterocycles. The number of hydrogen-bond acceptors (Lipinski definition) is 7. The maximum absolute atomic E-state index is 5.95. The highest BCUT2D eigenvalue weighted by Gasteiger charge is 2.26. The standard InChI is InChI=1S/C19H22N6O/c1-14-5-3-6-16(13-14)18-23-22-17(26-18)15(2)24-9-11-25(12-10-24)19-20-7-4-8-21-19/h3-8,13,15H,9-12H2,1-2H3/t15-/m1/s1. The number of hydrogen-bond donors (Lipinski definition) is 0. The Morgan fingerprint density at radius 3 is 2.50 bits per heavy atom. The van der Waals surface area contributed by atoms with E-state index in [9.17, 15) is 0 Å². The quantitative estimate of drug-likeness (QED) is 0.716. The predicted octanol–water partition coefficient (Wildman–Crippen LogP) is 2.72. The molecule has 2 aromatic heterocycles. The van der Waals surface area contributed by atoms with Crippen molar-refractivity contribution in [3.05, 3.63) is 54.2 Å². The summed E-state index contributed by atoms with van der Waals surface area (Å²) >= 11 is 0. The van der Waals surface area contributed by atoms with Crippen molar-refractivity contribution in [3.63, 3.8) is 0 Å². The van der Waals surface area contributed by atoms with Crippen LogP contribution in [-0.2, 0) is 0 Å². The van der Waals surface area contributed by atoms with Gasteiger partial charge in [0.15, 0.2) is 0 Å². The summed E-state index contributed by atoms with van der Waals surface area (Å²) in [5.41, 5.74) is 2.14. The van der Waals surface area contributed by atoms with Crippen molar-refractivity contribution < 1.29 is 4.42 Å². The summed E-state index contributed by atoms with van der Waals surface area (Å²) in [6.07, 6.45) is 3.56. The summed E-state index contributed by atoms with van der Waals surface area (Å²) in [4.78, 5) is 13.2. The van der Waals surface area contributed by atoms with Crippen molar-refractivity contribution in [2.75, 3.05) is 31.1 Å². The summed E-state index contributed by atoms with van der Waals surface area (Å²) < 4.78 is 5.95. The Kier molecular flexibility index (Phi) is 4.62. The lowest BCUT2D eigenvalue weighted by molar-refractivity contribution is 0.173. The molecule has 1 aliphatic rings. The van der Waals surface area contributed by atoms with E-state index in [1.165, 1.54) is 5.56 Å². The average molecular weight is 350 g/mol. The van der Waals surface area contributed by atoms with Crippen LogP contribution in [0.15, 0.2) is 47.1 Å². The highest BCUT2D eigenvalue weighted by atomic mass is 16.4. The van der Waals surface area contributed by atoms with Crippen LogP contribution in [0.1, 0.15) is 24.4 Å². The molecule has 1 aliphatic heterocycles. The monoisotopic (exact) mass is 350 g/mol. The van der Waals surface area contributed by atoms with Crippen molar-refractivity contribution in [1.82, 2.24) is 25.1 Å². The van der Waals surface area contributed by atoms with E-state index < -0.39 is 0 Å². The third-order valence-electron chi connectivity index (χ3n) is 4.76. The van der Waals surface area contributed by atoms with Gasteiger partial charge in [-0.1, -0.05) is 17.7 Å². The molecule has 0 saturated carbocycles. The van der Waals surface area contributed by atoms with Crippen LogP contribution >= 0.6 is 0 Å². The minimum atomic E-state index is 0.0832. The number of piperazine rings is 1. The lowest BCUT2D eigenvalue weighted by Gasteiger charge is -2.36. The lowest BCUT2D eigenvalue weighted by atomic mass is 10.1. The molecule has 1 fully saturated rings. The van der Waals surface area contributed by atoms with E-state index >= 15 is 0 Å². The van der Waals surface area contributed by atoms with Crippen molar-refractivity contribution >= 4 is 5.95 Å². The molecule has 3 aromatic rings. The zero-order chi connectivity index (χ0) is 17.9. The van der Waals surface area contributed by atoms with Gasteiger partial charge in [-0.25, -0.2) is 9.97 Å². The molecule has 0 spiro atoms. The lowest BCUT2D eigenvalue weighted by Crippen LogP contribution is -2.47. The number of anilines is 1. The summed E-state index contributed by atoms with van der Waals surface area (Å²) in [6.45, 7) is 7.74. The van der Waals surface area contributed by atoms with Gasteiger partial charge in [-0.15, -0.1) is 10.2 Å². The maximum atomic E-state index is 5.95. The second-order valence-corrected chi connectivity index (χ2v) is 6.56. The highest BCUT2D eigenvalue weighted by molar-refractivity contribution is 5.53. The van der Waals surface area contributed by atoms with E-state index in [-0.39, 0.29) is 6.04 Å². The Hall–Kier alpha value is -2.80. The van der Waals surface area contributed by atoms with Crippen LogP contribution in [0.3, 0.4) is 0 Å². The van der Waals surface area contributed by atoms with Crippen LogP contribution in [0.2, 0.25) is 0 Å². The average Bonchev–Trinajstić information content (AvgIpc) is 3.18. The normalized spacial score (nSPS) is 16.6. The largest absolute Gasteiger partial charge is 0.419 e. The van der Waals surface area contributed by atoms with Crippen LogP contribution in [-0.4, -0.2) is 51.2 Å². The number of nitrogens with zero attached hydrogens (tertiary/aromatic N) is 6. The summed E-state index contributed by atoms with van der Waals surface area (Å²) in [5.74, 6) is 2.03. The summed E-state index contributed by atoms with van der Waals surface area (Å²) in [6, 6.07) is 10.0. The molecular weight excluding hydrogens is 328 g/mol. The van der Waals surface area contributed by atoms with Crippen LogP contribution < -0.4 is 4.90 Å². The number of benzene rings is 1. The highest BCUT2D eigenvalue weighted by Crippen LogP contribution is 2.25. The fourth-order valence-corrected chi connectivity index (χ4v) is 3.22. The van der Waals surface area contributed by atoms with E-state index in [4.69, 9.17) is 4.42 Å². The third-order valence-corrected chi connectivity index (χ3v) is 4.76. The van der Waals surface area contributed by atoms with Gasteiger partial charge >= 0.3 is 0 Å². The van der Waals surface area contributed by atoms with Gasteiger partial charge in [-0.2, -0.15) is 0 Å². The van der Waals surface area contributed by atoms with Crippen LogP contribution in [0, 0.1) is 6.92 Å². The van der Waals surface area contributed by atoms with Crippen molar-refractivity contribution in [2.45, 2.75) is 19.9 Å². The molecule has 3 heterocycles. The van der Waals surface area contributed by atoms with E-state index in [0.717, 1.165) is 37.7 Å². The Morgan fingerprint density at radius 2 is 1.77 bits per heavy atom. The molecule has 7 heteroatoms. The first-order valence-electron chi connectivity index (χ1n) is 8.87. The van der Waals surface area contributed by atoms with Gasteiger partial charge in [0.2, 0.25) is 17.7 Å². The molecule has 4 rings (SSSR count). The Bertz CT molecular complexity index is 857. The first-order chi connectivity index (χ1) is 12.7. The first kappa shape index (κ1) is 16.7. The predicted molar refractivity (Wildman–Crippen MR) is 98.7 cm³/mol. The summed E-state index contributed by atoms with van der Waals surface area (Å²) in [7, 11) is 0. The van der Waals surface area contributed by atoms with Crippen molar-refractivity contribution in [3.8, 4) is 11.5 Å². The van der Waals surface area contributed by atoms with Crippen LogP contribution in [0.5, 0.6) is 0 Å². The fraction of sp³-hybridized carbons (Fsp3) is 0.368. The smallest absolute Gasteiger partial charge is 0.247 e. The molecule has 7 nitrogen and oxygen atoms in total.